The van der Waals surface area contributed by atoms with Gasteiger partial charge >= 0.3 is 0 Å². The van der Waals surface area contributed by atoms with Gasteiger partial charge in [0.1, 0.15) is 17.3 Å². The number of rotatable bonds is 8. The molecule has 2 rings (SSSR count). The lowest BCUT2D eigenvalue weighted by Crippen LogP contribution is -2.36. The second-order valence-corrected chi connectivity index (χ2v) is 4.92. The SMILES string of the molecule is COCCN(Cc1ccc(C)o1)C(=O)COc1ccccc1. The van der Waals surface area contributed by atoms with Crippen LogP contribution in [0, 0.1) is 6.92 Å². The number of para-hydroxylation sites is 1. The number of nitrogens with zero attached hydrogens (tertiary/aromatic N) is 1. The van der Waals surface area contributed by atoms with E-state index in [2.05, 4.69) is 0 Å². The molecule has 1 aromatic heterocycles. The molecule has 0 spiro atoms. The summed E-state index contributed by atoms with van der Waals surface area (Å²) in [4.78, 5) is 14.0. The smallest absolute Gasteiger partial charge is 0.260 e. The molecule has 118 valence electrons. The summed E-state index contributed by atoms with van der Waals surface area (Å²) in [6.07, 6.45) is 0. The maximum atomic E-state index is 12.3. The lowest BCUT2D eigenvalue weighted by atomic mass is 10.3. The number of ether oxygens (including phenoxy) is 2. The van der Waals surface area contributed by atoms with Gasteiger partial charge < -0.3 is 18.8 Å². The van der Waals surface area contributed by atoms with Gasteiger partial charge in [-0.3, -0.25) is 4.79 Å². The van der Waals surface area contributed by atoms with E-state index in [9.17, 15) is 4.79 Å². The summed E-state index contributed by atoms with van der Waals surface area (Å²) in [5, 5.41) is 0. The van der Waals surface area contributed by atoms with E-state index >= 15 is 0 Å². The Morgan fingerprint density at radius 1 is 1.18 bits per heavy atom. The maximum Gasteiger partial charge on any atom is 0.260 e. The van der Waals surface area contributed by atoms with Crippen molar-refractivity contribution in [1.82, 2.24) is 4.90 Å². The Balaban J connectivity index is 1.93. The zero-order valence-electron chi connectivity index (χ0n) is 13.0. The number of methoxy groups -OCH3 is 1. The van der Waals surface area contributed by atoms with Gasteiger partial charge in [-0.1, -0.05) is 18.2 Å². The van der Waals surface area contributed by atoms with Crippen LogP contribution < -0.4 is 4.74 Å². The monoisotopic (exact) mass is 303 g/mol. The van der Waals surface area contributed by atoms with Gasteiger partial charge in [0.2, 0.25) is 0 Å². The van der Waals surface area contributed by atoms with Crippen LogP contribution in [0.4, 0.5) is 0 Å². The van der Waals surface area contributed by atoms with Crippen molar-refractivity contribution in [3.8, 4) is 5.75 Å². The molecule has 5 heteroatoms. The first kappa shape index (κ1) is 16.1. The molecule has 0 aliphatic heterocycles. The average Bonchev–Trinajstić information content (AvgIpc) is 2.95. The van der Waals surface area contributed by atoms with E-state index in [1.807, 2.05) is 49.4 Å². The quantitative estimate of drug-likeness (QED) is 0.752. The third-order valence-electron chi connectivity index (χ3n) is 3.17. The molecule has 2 aromatic rings. The summed E-state index contributed by atoms with van der Waals surface area (Å²) in [5.74, 6) is 2.16. The minimum atomic E-state index is -0.102. The van der Waals surface area contributed by atoms with Crippen molar-refractivity contribution >= 4 is 5.91 Å². The molecule has 5 nitrogen and oxygen atoms in total. The topological polar surface area (TPSA) is 51.9 Å². The predicted molar refractivity (Wildman–Crippen MR) is 82.7 cm³/mol. The van der Waals surface area contributed by atoms with Gasteiger partial charge in [0.05, 0.1) is 13.2 Å². The number of hydrogen-bond donors (Lipinski definition) is 0. The Hall–Kier alpha value is -2.27. The molecular formula is C17H21NO4. The largest absolute Gasteiger partial charge is 0.484 e. The molecule has 0 aliphatic carbocycles. The van der Waals surface area contributed by atoms with E-state index in [0.717, 1.165) is 11.5 Å². The number of amides is 1. The van der Waals surface area contributed by atoms with E-state index in [0.29, 0.717) is 25.4 Å². The first-order chi connectivity index (χ1) is 10.7. The van der Waals surface area contributed by atoms with Crippen LogP contribution in [-0.2, 0) is 16.1 Å². The molecule has 1 aromatic carbocycles. The van der Waals surface area contributed by atoms with Crippen LogP contribution in [-0.4, -0.2) is 37.7 Å². The third kappa shape index (κ3) is 4.93. The minimum Gasteiger partial charge on any atom is -0.484 e. The minimum absolute atomic E-state index is 0.00653. The van der Waals surface area contributed by atoms with Crippen LogP contribution in [0.1, 0.15) is 11.5 Å². The van der Waals surface area contributed by atoms with E-state index in [4.69, 9.17) is 13.9 Å². The molecule has 0 saturated carbocycles. The van der Waals surface area contributed by atoms with Crippen LogP contribution in [0.3, 0.4) is 0 Å². The first-order valence-electron chi connectivity index (χ1n) is 7.19. The van der Waals surface area contributed by atoms with Crippen molar-refractivity contribution in [2.24, 2.45) is 0 Å². The Morgan fingerprint density at radius 2 is 1.95 bits per heavy atom. The van der Waals surface area contributed by atoms with Crippen molar-refractivity contribution in [3.05, 3.63) is 54.0 Å². The Morgan fingerprint density at radius 3 is 2.59 bits per heavy atom. The number of hydrogen-bond acceptors (Lipinski definition) is 4. The fourth-order valence-electron chi connectivity index (χ4n) is 2.00. The fraction of sp³-hybridized carbons (Fsp3) is 0.353. The molecule has 0 radical (unpaired) electrons. The zero-order valence-corrected chi connectivity index (χ0v) is 13.0. The number of benzene rings is 1. The van der Waals surface area contributed by atoms with Gasteiger partial charge in [0, 0.05) is 13.7 Å². The highest BCUT2D eigenvalue weighted by Crippen LogP contribution is 2.11. The third-order valence-corrected chi connectivity index (χ3v) is 3.17. The molecule has 22 heavy (non-hydrogen) atoms. The standard InChI is InChI=1S/C17H21NO4/c1-14-8-9-16(22-14)12-18(10-11-20-2)17(19)13-21-15-6-4-3-5-7-15/h3-9H,10-13H2,1-2H3. The first-order valence-corrected chi connectivity index (χ1v) is 7.19. The summed E-state index contributed by atoms with van der Waals surface area (Å²) in [7, 11) is 1.61. The van der Waals surface area contributed by atoms with Crippen molar-refractivity contribution in [3.63, 3.8) is 0 Å². The van der Waals surface area contributed by atoms with Crippen molar-refractivity contribution < 1.29 is 18.7 Å². The molecule has 1 heterocycles. The van der Waals surface area contributed by atoms with Crippen LogP contribution in [0.2, 0.25) is 0 Å². The van der Waals surface area contributed by atoms with Crippen molar-refractivity contribution in [2.45, 2.75) is 13.5 Å². The van der Waals surface area contributed by atoms with Gasteiger partial charge in [-0.25, -0.2) is 0 Å². The van der Waals surface area contributed by atoms with Crippen LogP contribution >= 0.6 is 0 Å². The molecule has 0 unspecified atom stereocenters. The average molecular weight is 303 g/mol. The van der Waals surface area contributed by atoms with Crippen LogP contribution in [0.25, 0.3) is 0 Å². The molecular weight excluding hydrogens is 282 g/mol. The van der Waals surface area contributed by atoms with Gasteiger partial charge in [-0.15, -0.1) is 0 Å². The molecule has 0 atom stereocenters. The van der Waals surface area contributed by atoms with Gasteiger partial charge in [0.25, 0.3) is 5.91 Å². The lowest BCUT2D eigenvalue weighted by molar-refractivity contribution is -0.134. The second-order valence-electron chi connectivity index (χ2n) is 4.92. The number of aryl methyl sites for hydroxylation is 1. The zero-order chi connectivity index (χ0) is 15.8. The fourth-order valence-corrected chi connectivity index (χ4v) is 2.00. The number of carbonyl (C=O) groups is 1. The number of furan rings is 1. The highest BCUT2D eigenvalue weighted by atomic mass is 16.5. The molecule has 0 fully saturated rings. The Kier molecular flexibility index (Phi) is 6.03. The highest BCUT2D eigenvalue weighted by molar-refractivity contribution is 5.77. The summed E-state index contributed by atoms with van der Waals surface area (Å²) >= 11 is 0. The van der Waals surface area contributed by atoms with E-state index in [1.165, 1.54) is 0 Å². The van der Waals surface area contributed by atoms with E-state index < -0.39 is 0 Å². The highest BCUT2D eigenvalue weighted by Gasteiger charge is 2.16. The van der Waals surface area contributed by atoms with E-state index in [-0.39, 0.29) is 12.5 Å². The normalized spacial score (nSPS) is 10.5. The predicted octanol–water partition coefficient (Wildman–Crippen LogP) is 2.64. The summed E-state index contributed by atoms with van der Waals surface area (Å²) in [6.45, 7) is 3.24. The van der Waals surface area contributed by atoms with Gasteiger partial charge in [-0.05, 0) is 31.2 Å². The van der Waals surface area contributed by atoms with Crippen LogP contribution in [0.5, 0.6) is 5.75 Å². The van der Waals surface area contributed by atoms with Gasteiger partial charge in [0.15, 0.2) is 6.61 Å². The summed E-state index contributed by atoms with van der Waals surface area (Å²) < 4.78 is 16.1. The van der Waals surface area contributed by atoms with Crippen LogP contribution in [0.15, 0.2) is 46.9 Å². The number of carbonyl (C=O) groups excluding carboxylic acids is 1. The van der Waals surface area contributed by atoms with Crippen molar-refractivity contribution in [1.29, 1.82) is 0 Å². The maximum absolute atomic E-state index is 12.3. The molecule has 0 N–H and O–H groups in total. The molecule has 0 bridgehead atoms. The van der Waals surface area contributed by atoms with Crippen molar-refractivity contribution in [2.75, 3.05) is 26.9 Å². The molecule has 1 amide bonds. The molecule has 0 saturated heterocycles. The van der Waals surface area contributed by atoms with E-state index in [1.54, 1.807) is 12.0 Å². The summed E-state index contributed by atoms with van der Waals surface area (Å²) in [6, 6.07) is 13.0. The Labute approximate surface area is 130 Å². The Bertz CT molecular complexity index is 579. The van der Waals surface area contributed by atoms with Gasteiger partial charge in [-0.2, -0.15) is 0 Å². The summed E-state index contributed by atoms with van der Waals surface area (Å²) in [5.41, 5.74) is 0. The second kappa shape index (κ2) is 8.24. The lowest BCUT2D eigenvalue weighted by Gasteiger charge is -2.21. The molecule has 0 aliphatic rings.